The van der Waals surface area contributed by atoms with Crippen molar-refractivity contribution in [2.24, 2.45) is 5.92 Å². The molecule has 0 aromatic carbocycles. The smallest absolute Gasteiger partial charge is 0.138 e. The van der Waals surface area contributed by atoms with Crippen molar-refractivity contribution >= 4 is 33.0 Å². The normalized spacial score (nSPS) is 16.8. The summed E-state index contributed by atoms with van der Waals surface area (Å²) in [5.41, 5.74) is 0. The van der Waals surface area contributed by atoms with Gasteiger partial charge in [-0.3, -0.25) is 4.79 Å². The molecule has 0 spiro atoms. The lowest BCUT2D eigenvalue weighted by atomic mass is 9.99. The Labute approximate surface area is 109 Å². The lowest BCUT2D eigenvalue weighted by molar-refractivity contribution is -0.118. The molecule has 0 N–H and O–H groups in total. The van der Waals surface area contributed by atoms with Crippen molar-refractivity contribution in [3.63, 3.8) is 0 Å². The van der Waals surface area contributed by atoms with Gasteiger partial charge < -0.3 is 0 Å². The zero-order valence-electron chi connectivity index (χ0n) is 9.38. The fraction of sp³-hybridized carbons (Fsp3) is 0.615. The molecule has 0 atom stereocenters. The Morgan fingerprint density at radius 2 is 2.12 bits per heavy atom. The van der Waals surface area contributed by atoms with Crippen LogP contribution in [0, 0.1) is 5.92 Å². The number of carbonyl (C=O) groups is 1. The van der Waals surface area contributed by atoms with Crippen molar-refractivity contribution in [3.05, 3.63) is 20.8 Å². The molecule has 1 heterocycles. The second kappa shape index (κ2) is 5.97. The second-order valence-electron chi connectivity index (χ2n) is 4.61. The first-order valence-corrected chi connectivity index (χ1v) is 7.61. The molecule has 0 saturated heterocycles. The summed E-state index contributed by atoms with van der Waals surface area (Å²) in [5, 5.41) is 0. The maximum atomic E-state index is 11.8. The summed E-state index contributed by atoms with van der Waals surface area (Å²) < 4.78 is 1.12. The van der Waals surface area contributed by atoms with Gasteiger partial charge in [-0.1, -0.05) is 25.7 Å². The minimum Gasteiger partial charge on any atom is -0.299 e. The van der Waals surface area contributed by atoms with Crippen LogP contribution in [0.1, 0.15) is 43.4 Å². The zero-order chi connectivity index (χ0) is 11.4. The fourth-order valence-corrected chi connectivity index (χ4v) is 3.91. The highest BCUT2D eigenvalue weighted by atomic mass is 79.9. The summed E-state index contributed by atoms with van der Waals surface area (Å²) in [4.78, 5) is 13.0. The third kappa shape index (κ3) is 3.70. The number of carbonyl (C=O) groups excluding carboxylic acids is 1. The van der Waals surface area contributed by atoms with E-state index in [2.05, 4.69) is 15.9 Å². The first kappa shape index (κ1) is 12.3. The van der Waals surface area contributed by atoms with Crippen molar-refractivity contribution < 1.29 is 4.79 Å². The van der Waals surface area contributed by atoms with Crippen LogP contribution in [0.15, 0.2) is 15.9 Å². The van der Waals surface area contributed by atoms with E-state index in [1.807, 2.05) is 12.1 Å². The van der Waals surface area contributed by atoms with Gasteiger partial charge in [0.1, 0.15) is 5.78 Å². The average Bonchev–Trinajstić information content (AvgIpc) is 2.87. The van der Waals surface area contributed by atoms with Crippen LogP contribution < -0.4 is 0 Å². The number of halogens is 1. The summed E-state index contributed by atoms with van der Waals surface area (Å²) >= 11 is 5.09. The van der Waals surface area contributed by atoms with Gasteiger partial charge in [-0.05, 0) is 40.4 Å². The lowest BCUT2D eigenvalue weighted by Gasteiger charge is -2.06. The molecule has 1 aliphatic carbocycles. The lowest BCUT2D eigenvalue weighted by Crippen LogP contribution is -2.04. The second-order valence-corrected chi connectivity index (χ2v) is 7.16. The first-order valence-electron chi connectivity index (χ1n) is 6.00. The Bertz CT molecular complexity index is 353. The number of rotatable bonds is 5. The number of ketones is 1. The van der Waals surface area contributed by atoms with Crippen LogP contribution in [-0.2, 0) is 11.2 Å². The molecule has 1 aromatic heterocycles. The van der Waals surface area contributed by atoms with Crippen molar-refractivity contribution in [3.8, 4) is 0 Å². The van der Waals surface area contributed by atoms with E-state index in [1.54, 1.807) is 11.3 Å². The molecule has 0 bridgehead atoms. The van der Waals surface area contributed by atoms with Crippen LogP contribution in [0.5, 0.6) is 0 Å². The van der Waals surface area contributed by atoms with E-state index in [0.717, 1.165) is 22.5 Å². The molecule has 2 rings (SSSR count). The van der Waals surface area contributed by atoms with Gasteiger partial charge in [-0.25, -0.2) is 0 Å². The van der Waals surface area contributed by atoms with E-state index in [9.17, 15) is 4.79 Å². The van der Waals surface area contributed by atoms with E-state index < -0.39 is 0 Å². The highest BCUT2D eigenvalue weighted by Crippen LogP contribution is 2.29. The van der Waals surface area contributed by atoms with Crippen molar-refractivity contribution in [1.82, 2.24) is 0 Å². The largest absolute Gasteiger partial charge is 0.299 e. The Hall–Kier alpha value is -0.150. The molecular formula is C13H17BrOS. The minimum absolute atomic E-state index is 0.404. The fourth-order valence-electron chi connectivity index (χ4n) is 2.39. The highest BCUT2D eigenvalue weighted by Gasteiger charge is 2.16. The molecule has 16 heavy (non-hydrogen) atoms. The molecule has 1 saturated carbocycles. The third-order valence-electron chi connectivity index (χ3n) is 3.31. The predicted molar refractivity (Wildman–Crippen MR) is 71.9 cm³/mol. The molecule has 1 nitrogen and oxygen atoms in total. The Balaban J connectivity index is 1.71. The first-order chi connectivity index (χ1) is 7.74. The number of hydrogen-bond acceptors (Lipinski definition) is 2. The summed E-state index contributed by atoms with van der Waals surface area (Å²) in [7, 11) is 0. The van der Waals surface area contributed by atoms with Gasteiger partial charge in [0.25, 0.3) is 0 Å². The summed E-state index contributed by atoms with van der Waals surface area (Å²) in [6.07, 6.45) is 7.96. The van der Waals surface area contributed by atoms with Crippen LogP contribution in [0.25, 0.3) is 0 Å². The van der Waals surface area contributed by atoms with Crippen molar-refractivity contribution in [2.45, 2.75) is 44.9 Å². The predicted octanol–water partition coefficient (Wildman–Crippen LogP) is 4.59. The van der Waals surface area contributed by atoms with Crippen LogP contribution in [0.2, 0.25) is 0 Å². The van der Waals surface area contributed by atoms with Crippen LogP contribution in [-0.4, -0.2) is 5.78 Å². The van der Waals surface area contributed by atoms with E-state index in [-0.39, 0.29) is 0 Å². The summed E-state index contributed by atoms with van der Waals surface area (Å²) in [6, 6.07) is 4.06. The van der Waals surface area contributed by atoms with Gasteiger partial charge in [0.05, 0.1) is 3.79 Å². The summed E-state index contributed by atoms with van der Waals surface area (Å²) in [6.45, 7) is 0. The van der Waals surface area contributed by atoms with Gasteiger partial charge in [-0.15, -0.1) is 11.3 Å². The zero-order valence-corrected chi connectivity index (χ0v) is 11.8. The highest BCUT2D eigenvalue weighted by molar-refractivity contribution is 9.11. The van der Waals surface area contributed by atoms with Gasteiger partial charge in [0.2, 0.25) is 0 Å². The monoisotopic (exact) mass is 300 g/mol. The maximum Gasteiger partial charge on any atom is 0.138 e. The standard InChI is InChI=1S/C13H17BrOS/c14-13-8-7-12(16-13)9-11(15)6-5-10-3-1-2-4-10/h7-8,10H,1-6,9H2. The molecule has 88 valence electrons. The number of hydrogen-bond donors (Lipinski definition) is 0. The van der Waals surface area contributed by atoms with Crippen molar-refractivity contribution in [2.75, 3.05) is 0 Å². The summed E-state index contributed by atoms with van der Waals surface area (Å²) in [5.74, 6) is 1.24. The molecule has 0 unspecified atom stereocenters. The average molecular weight is 301 g/mol. The van der Waals surface area contributed by atoms with Gasteiger partial charge in [0.15, 0.2) is 0 Å². The molecule has 1 fully saturated rings. The van der Waals surface area contributed by atoms with E-state index in [4.69, 9.17) is 0 Å². The minimum atomic E-state index is 0.404. The van der Waals surface area contributed by atoms with Crippen LogP contribution >= 0.6 is 27.3 Å². The Morgan fingerprint density at radius 1 is 1.38 bits per heavy atom. The van der Waals surface area contributed by atoms with E-state index in [0.29, 0.717) is 12.2 Å². The quantitative estimate of drug-likeness (QED) is 0.777. The van der Waals surface area contributed by atoms with Gasteiger partial charge >= 0.3 is 0 Å². The maximum absolute atomic E-state index is 11.8. The molecule has 0 radical (unpaired) electrons. The number of thiophene rings is 1. The molecule has 0 amide bonds. The molecule has 1 aromatic rings. The SMILES string of the molecule is O=C(CCC1CCCC1)Cc1ccc(Br)s1. The Morgan fingerprint density at radius 3 is 2.75 bits per heavy atom. The van der Waals surface area contributed by atoms with E-state index >= 15 is 0 Å². The number of Topliss-reactive ketones (excluding diaryl/α,β-unsaturated/α-hetero) is 1. The van der Waals surface area contributed by atoms with Gasteiger partial charge in [-0.2, -0.15) is 0 Å². The van der Waals surface area contributed by atoms with Gasteiger partial charge in [0, 0.05) is 17.7 Å². The topological polar surface area (TPSA) is 17.1 Å². The molecule has 1 aliphatic rings. The van der Waals surface area contributed by atoms with Crippen molar-refractivity contribution in [1.29, 1.82) is 0 Å². The molecule has 3 heteroatoms. The third-order valence-corrected chi connectivity index (χ3v) is 4.93. The van der Waals surface area contributed by atoms with Crippen LogP contribution in [0.3, 0.4) is 0 Å². The molecular weight excluding hydrogens is 284 g/mol. The van der Waals surface area contributed by atoms with Crippen LogP contribution in [0.4, 0.5) is 0 Å². The molecule has 0 aliphatic heterocycles. The van der Waals surface area contributed by atoms with E-state index in [1.165, 1.54) is 30.6 Å². The Kier molecular flexibility index (Phi) is 4.59.